The average Bonchev–Trinajstić information content (AvgIpc) is 3.15. The van der Waals surface area contributed by atoms with Gasteiger partial charge in [-0.05, 0) is 99.4 Å². The second-order valence-corrected chi connectivity index (χ2v) is 11.3. The summed E-state index contributed by atoms with van der Waals surface area (Å²) in [7, 11) is 0. The van der Waals surface area contributed by atoms with Gasteiger partial charge in [-0.1, -0.05) is 103 Å². The Morgan fingerprint density at radius 2 is 0.875 bits per heavy atom. The van der Waals surface area contributed by atoms with E-state index in [2.05, 4.69) is 69.2 Å². The number of nitrogens with zero attached hydrogens (tertiary/aromatic N) is 4. The van der Waals surface area contributed by atoms with Crippen LogP contribution in [0.15, 0.2) is 170 Å². The van der Waals surface area contributed by atoms with E-state index in [1.807, 2.05) is 134 Å². The van der Waals surface area contributed by atoms with E-state index in [0.717, 1.165) is 55.4 Å². The van der Waals surface area contributed by atoms with Crippen LogP contribution in [0.5, 0.6) is 0 Å². The maximum Gasteiger partial charge on any atom is 0.202 e. The molecule has 0 amide bonds. The first-order valence-electron chi connectivity index (χ1n) is 15.7. The van der Waals surface area contributed by atoms with Crippen LogP contribution in [0.3, 0.4) is 0 Å². The monoisotopic (exact) mass is 614 g/mol. The molecule has 0 aromatic heterocycles. The van der Waals surface area contributed by atoms with Crippen molar-refractivity contribution in [3.63, 3.8) is 0 Å². The van der Waals surface area contributed by atoms with E-state index in [1.54, 1.807) is 0 Å². The molecule has 0 aliphatic carbocycles. The van der Waals surface area contributed by atoms with E-state index in [-0.39, 0.29) is 0 Å². The molecule has 0 heterocycles. The van der Waals surface area contributed by atoms with Crippen molar-refractivity contribution in [2.45, 2.75) is 0 Å². The highest BCUT2D eigenvalue weighted by Gasteiger charge is 2.15. The van der Waals surface area contributed by atoms with Gasteiger partial charge in [0.05, 0.1) is 12.1 Å². The lowest BCUT2D eigenvalue weighted by Crippen LogP contribution is -2.07. The summed E-state index contributed by atoms with van der Waals surface area (Å²) in [6, 6.07) is 55.2. The lowest BCUT2D eigenvalue weighted by Gasteiger charge is -2.21. The van der Waals surface area contributed by atoms with Crippen molar-refractivity contribution in [1.82, 2.24) is 0 Å². The van der Waals surface area contributed by atoms with Crippen LogP contribution >= 0.6 is 0 Å². The third kappa shape index (κ3) is 6.03. The highest BCUT2D eigenvalue weighted by Crippen LogP contribution is 2.40. The SMILES string of the molecule is [C-]#[N+]c1c2ccc(C=CN(c3ccccc3)c3ccccc3)cc2c(C#N)c2ccc(C=CN(c3ccccc3)c3ccccc3)cc12. The number of para-hydroxylation sites is 4. The average molecular weight is 615 g/mol. The zero-order valence-electron chi connectivity index (χ0n) is 26.1. The summed E-state index contributed by atoms with van der Waals surface area (Å²) in [6.45, 7) is 8.18. The van der Waals surface area contributed by atoms with Gasteiger partial charge in [0.15, 0.2) is 0 Å². The fraction of sp³-hybridized carbons (Fsp3) is 0. The van der Waals surface area contributed by atoms with Gasteiger partial charge in [-0.3, -0.25) is 0 Å². The Balaban J connectivity index is 1.28. The highest BCUT2D eigenvalue weighted by atomic mass is 15.1. The van der Waals surface area contributed by atoms with Crippen molar-refractivity contribution in [2.24, 2.45) is 0 Å². The summed E-state index contributed by atoms with van der Waals surface area (Å²) in [6.07, 6.45) is 8.17. The van der Waals surface area contributed by atoms with E-state index < -0.39 is 0 Å². The molecule has 0 bridgehead atoms. The summed E-state index contributed by atoms with van der Waals surface area (Å²) in [5.74, 6) is 0. The highest BCUT2D eigenvalue weighted by molar-refractivity contribution is 6.16. The van der Waals surface area contributed by atoms with Gasteiger partial charge in [0.1, 0.15) is 6.07 Å². The number of hydrogen-bond acceptors (Lipinski definition) is 3. The Bertz CT molecular complexity index is 2100. The fourth-order valence-corrected chi connectivity index (χ4v) is 6.01. The molecule has 0 aliphatic rings. The molecule has 7 aromatic rings. The third-order valence-corrected chi connectivity index (χ3v) is 8.33. The fourth-order valence-electron chi connectivity index (χ4n) is 6.01. The standard InChI is InChI=1S/C44H30N4/c1-46-44-40-25-23-33(26-28-47(35-14-6-2-7-15-35)36-16-8-3-9-17-36)30-41(40)43(32-45)39-24-22-34(31-42(39)44)27-29-48(37-18-10-4-11-19-37)38-20-12-5-13-21-38/h2-31H. The zero-order chi connectivity index (χ0) is 32.7. The predicted molar refractivity (Wildman–Crippen MR) is 201 cm³/mol. The molecule has 0 saturated carbocycles. The van der Waals surface area contributed by atoms with E-state index in [9.17, 15) is 5.26 Å². The summed E-state index contributed by atoms with van der Waals surface area (Å²) in [4.78, 5) is 8.26. The molecule has 0 spiro atoms. The van der Waals surface area contributed by atoms with Gasteiger partial charge in [-0.2, -0.15) is 5.26 Å². The van der Waals surface area contributed by atoms with E-state index >= 15 is 0 Å². The van der Waals surface area contributed by atoms with Gasteiger partial charge >= 0.3 is 0 Å². The van der Waals surface area contributed by atoms with Crippen molar-refractivity contribution in [3.05, 3.63) is 198 Å². The molecular weight excluding hydrogens is 585 g/mol. The van der Waals surface area contributed by atoms with Gasteiger partial charge in [-0.25, -0.2) is 4.85 Å². The first-order valence-corrected chi connectivity index (χ1v) is 15.7. The van der Waals surface area contributed by atoms with Crippen molar-refractivity contribution >= 4 is 62.1 Å². The van der Waals surface area contributed by atoms with E-state index in [1.165, 1.54) is 0 Å². The Morgan fingerprint density at radius 3 is 1.27 bits per heavy atom. The molecule has 0 N–H and O–H groups in total. The second-order valence-electron chi connectivity index (χ2n) is 11.3. The lowest BCUT2D eigenvalue weighted by atomic mass is 9.93. The van der Waals surface area contributed by atoms with Crippen LogP contribution in [0, 0.1) is 17.9 Å². The van der Waals surface area contributed by atoms with E-state index in [0.29, 0.717) is 11.3 Å². The van der Waals surface area contributed by atoms with Crippen molar-refractivity contribution in [2.75, 3.05) is 9.80 Å². The minimum absolute atomic E-state index is 0.544. The first kappa shape index (κ1) is 29.8. The van der Waals surface area contributed by atoms with E-state index in [4.69, 9.17) is 6.57 Å². The van der Waals surface area contributed by atoms with Crippen LogP contribution in [0.4, 0.5) is 28.4 Å². The molecule has 0 fully saturated rings. The van der Waals surface area contributed by atoms with Crippen molar-refractivity contribution < 1.29 is 0 Å². The zero-order valence-corrected chi connectivity index (χ0v) is 26.1. The molecule has 7 rings (SSSR count). The topological polar surface area (TPSA) is 34.6 Å². The van der Waals surface area contributed by atoms with Crippen LogP contribution in [-0.2, 0) is 0 Å². The van der Waals surface area contributed by atoms with Gasteiger partial charge in [-0.15, -0.1) is 0 Å². The molecule has 0 saturated heterocycles. The van der Waals surface area contributed by atoms with Crippen molar-refractivity contribution in [1.29, 1.82) is 5.26 Å². The molecule has 0 atom stereocenters. The molecule has 226 valence electrons. The maximum atomic E-state index is 10.4. The molecule has 7 aromatic carbocycles. The van der Waals surface area contributed by atoms with Gasteiger partial charge < -0.3 is 9.80 Å². The molecule has 0 aliphatic heterocycles. The van der Waals surface area contributed by atoms with Crippen molar-refractivity contribution in [3.8, 4) is 6.07 Å². The third-order valence-electron chi connectivity index (χ3n) is 8.33. The number of anilines is 4. The number of hydrogen-bond donors (Lipinski definition) is 0. The Morgan fingerprint density at radius 1 is 0.479 bits per heavy atom. The minimum Gasteiger partial charge on any atom is -0.317 e. The quantitative estimate of drug-likeness (QED) is 0.126. The first-order chi connectivity index (χ1) is 23.7. The van der Waals surface area contributed by atoms with Gasteiger partial charge in [0, 0.05) is 35.1 Å². The molecular formula is C44H30N4. The Kier molecular flexibility index (Phi) is 8.46. The summed E-state index contributed by atoms with van der Waals surface area (Å²) >= 11 is 0. The number of rotatable bonds is 8. The Hall–Kier alpha value is -6.88. The largest absolute Gasteiger partial charge is 0.317 e. The smallest absolute Gasteiger partial charge is 0.202 e. The second kappa shape index (κ2) is 13.6. The number of nitriles is 1. The Labute approximate surface area is 280 Å². The maximum absolute atomic E-state index is 10.4. The summed E-state index contributed by atoms with van der Waals surface area (Å²) in [5, 5.41) is 13.5. The predicted octanol–water partition coefficient (Wildman–Crippen LogP) is 12.0. The van der Waals surface area contributed by atoms with Crippen LogP contribution in [0.25, 0.3) is 38.5 Å². The molecule has 0 unspecified atom stereocenters. The molecule has 4 heteroatoms. The summed E-state index contributed by atoms with van der Waals surface area (Å²) < 4.78 is 0. The number of benzene rings is 7. The summed E-state index contributed by atoms with van der Waals surface area (Å²) in [5.41, 5.74) is 7.16. The van der Waals surface area contributed by atoms with Crippen LogP contribution in [0.2, 0.25) is 0 Å². The molecule has 4 nitrogen and oxygen atoms in total. The lowest BCUT2D eigenvalue weighted by molar-refractivity contribution is 1.29. The van der Waals surface area contributed by atoms with Crippen LogP contribution in [0.1, 0.15) is 16.7 Å². The van der Waals surface area contributed by atoms with Crippen LogP contribution < -0.4 is 9.80 Å². The van der Waals surface area contributed by atoms with Gasteiger partial charge in [0.25, 0.3) is 0 Å². The molecule has 0 radical (unpaired) electrons. The van der Waals surface area contributed by atoms with Crippen LogP contribution in [-0.4, -0.2) is 0 Å². The van der Waals surface area contributed by atoms with Gasteiger partial charge in [0.2, 0.25) is 5.69 Å². The minimum atomic E-state index is 0.544. The molecule has 48 heavy (non-hydrogen) atoms. The normalized spacial score (nSPS) is 11.1. The number of fused-ring (bicyclic) bond motifs is 2.